The van der Waals surface area contributed by atoms with Crippen molar-refractivity contribution in [2.24, 2.45) is 0 Å². The lowest BCUT2D eigenvalue weighted by Gasteiger charge is -2.15. The summed E-state index contributed by atoms with van der Waals surface area (Å²) < 4.78 is 0. The molecule has 0 unspecified atom stereocenters. The minimum absolute atomic E-state index is 0.105. The molecule has 2 aromatic carbocycles. The summed E-state index contributed by atoms with van der Waals surface area (Å²) in [7, 11) is 0. The van der Waals surface area contributed by atoms with Crippen LogP contribution >= 0.6 is 0 Å². The summed E-state index contributed by atoms with van der Waals surface area (Å²) in [6.07, 6.45) is 7.73. The Balaban J connectivity index is 2.01. The lowest BCUT2D eigenvalue weighted by atomic mass is 9.97. The van der Waals surface area contributed by atoms with E-state index < -0.39 is 0 Å². The van der Waals surface area contributed by atoms with E-state index in [9.17, 15) is 4.79 Å². The highest BCUT2D eigenvalue weighted by atomic mass is 16.1. The summed E-state index contributed by atoms with van der Waals surface area (Å²) >= 11 is 0. The topological polar surface area (TPSA) is 42.0 Å². The van der Waals surface area contributed by atoms with E-state index in [0.717, 1.165) is 33.3 Å². The molecule has 1 amide bonds. The monoisotopic (exact) mass is 368 g/mol. The number of fused-ring (bicyclic) bond motifs is 1. The number of nitrogens with one attached hydrogen (secondary N) is 1. The average Bonchev–Trinajstić information content (AvgIpc) is 2.72. The van der Waals surface area contributed by atoms with Crippen LogP contribution in [0.2, 0.25) is 0 Å². The van der Waals surface area contributed by atoms with Crippen LogP contribution in [0.1, 0.15) is 34.1 Å². The molecule has 0 bridgehead atoms. The van der Waals surface area contributed by atoms with E-state index in [1.54, 1.807) is 0 Å². The largest absolute Gasteiger partial charge is 0.348 e. The predicted molar refractivity (Wildman–Crippen MR) is 117 cm³/mol. The van der Waals surface area contributed by atoms with Crippen LogP contribution in [0.4, 0.5) is 0 Å². The standard InChI is InChI=1S/C25H24N2O/c1-4-5-7-12-18(2)24-19(3)23(21-15-10-11-16-22(21)27-24)25(28)26-17-20-13-8-6-9-14-20/h4-16H,2,17H2,1,3H3,(H,26,28)/b5-4-,12-7-. The van der Waals surface area contributed by atoms with Crippen molar-refractivity contribution in [3.05, 3.63) is 108 Å². The number of pyridine rings is 1. The zero-order valence-corrected chi connectivity index (χ0v) is 16.3. The van der Waals surface area contributed by atoms with E-state index in [1.807, 2.05) is 92.7 Å². The number of carbonyl (C=O) groups excluding carboxylic acids is 1. The number of para-hydroxylation sites is 1. The quantitative estimate of drug-likeness (QED) is 0.574. The highest BCUT2D eigenvalue weighted by Crippen LogP contribution is 2.27. The van der Waals surface area contributed by atoms with Gasteiger partial charge in [-0.15, -0.1) is 0 Å². The van der Waals surface area contributed by atoms with Crippen LogP contribution in [0.5, 0.6) is 0 Å². The highest BCUT2D eigenvalue weighted by molar-refractivity contribution is 6.08. The number of carbonyl (C=O) groups is 1. The van der Waals surface area contributed by atoms with Gasteiger partial charge in [0.15, 0.2) is 0 Å². The third kappa shape index (κ3) is 4.26. The second kappa shape index (κ2) is 8.96. The molecule has 0 fully saturated rings. The number of hydrogen-bond donors (Lipinski definition) is 1. The molecule has 3 heteroatoms. The van der Waals surface area contributed by atoms with Crippen molar-refractivity contribution in [3.8, 4) is 0 Å². The second-order valence-electron chi connectivity index (χ2n) is 6.56. The molecule has 0 aliphatic rings. The number of rotatable bonds is 6. The summed E-state index contributed by atoms with van der Waals surface area (Å²) in [4.78, 5) is 17.9. The molecular weight excluding hydrogens is 344 g/mol. The summed E-state index contributed by atoms with van der Waals surface area (Å²) in [5.74, 6) is -0.105. The van der Waals surface area contributed by atoms with Gasteiger partial charge in [-0.1, -0.05) is 79.4 Å². The first-order chi connectivity index (χ1) is 13.6. The minimum Gasteiger partial charge on any atom is -0.348 e. The number of aromatic nitrogens is 1. The fraction of sp³-hybridized carbons (Fsp3) is 0.120. The molecular formula is C25H24N2O. The zero-order chi connectivity index (χ0) is 19.9. The average molecular weight is 368 g/mol. The Morgan fingerprint density at radius 1 is 1.07 bits per heavy atom. The lowest BCUT2D eigenvalue weighted by Crippen LogP contribution is -2.24. The first kappa shape index (κ1) is 19.3. The zero-order valence-electron chi connectivity index (χ0n) is 16.3. The van der Waals surface area contributed by atoms with Gasteiger partial charge in [0.1, 0.15) is 0 Å². The molecule has 0 spiro atoms. The van der Waals surface area contributed by atoms with Gasteiger partial charge in [-0.3, -0.25) is 4.79 Å². The van der Waals surface area contributed by atoms with Crippen molar-refractivity contribution in [2.75, 3.05) is 0 Å². The molecule has 0 radical (unpaired) electrons. The van der Waals surface area contributed by atoms with E-state index in [0.29, 0.717) is 12.1 Å². The summed E-state index contributed by atoms with van der Waals surface area (Å²) in [5, 5.41) is 3.89. The van der Waals surface area contributed by atoms with Crippen molar-refractivity contribution >= 4 is 22.4 Å². The maximum atomic E-state index is 13.1. The molecule has 1 N–H and O–H groups in total. The van der Waals surface area contributed by atoms with Crippen molar-refractivity contribution < 1.29 is 4.79 Å². The number of amides is 1. The van der Waals surface area contributed by atoms with Crippen LogP contribution in [0.25, 0.3) is 16.5 Å². The third-order valence-corrected chi connectivity index (χ3v) is 4.56. The van der Waals surface area contributed by atoms with Gasteiger partial charge in [-0.25, -0.2) is 4.98 Å². The van der Waals surface area contributed by atoms with E-state index in [1.165, 1.54) is 0 Å². The van der Waals surface area contributed by atoms with Gasteiger partial charge >= 0.3 is 0 Å². The fourth-order valence-corrected chi connectivity index (χ4v) is 3.14. The van der Waals surface area contributed by atoms with E-state index >= 15 is 0 Å². The second-order valence-corrected chi connectivity index (χ2v) is 6.56. The first-order valence-corrected chi connectivity index (χ1v) is 9.32. The summed E-state index contributed by atoms with van der Waals surface area (Å²) in [5.41, 5.74) is 4.85. The van der Waals surface area contributed by atoms with Gasteiger partial charge < -0.3 is 5.32 Å². The Kier molecular flexibility index (Phi) is 6.18. The van der Waals surface area contributed by atoms with Gasteiger partial charge in [0.25, 0.3) is 5.91 Å². The predicted octanol–water partition coefficient (Wildman–Crippen LogP) is 5.62. The Morgan fingerprint density at radius 3 is 2.54 bits per heavy atom. The highest BCUT2D eigenvalue weighted by Gasteiger charge is 2.18. The van der Waals surface area contributed by atoms with Gasteiger partial charge in [-0.05, 0) is 36.6 Å². The minimum atomic E-state index is -0.105. The third-order valence-electron chi connectivity index (χ3n) is 4.56. The lowest BCUT2D eigenvalue weighted by molar-refractivity contribution is 0.0952. The van der Waals surface area contributed by atoms with Crippen LogP contribution in [-0.4, -0.2) is 10.9 Å². The molecule has 140 valence electrons. The number of benzene rings is 2. The van der Waals surface area contributed by atoms with Crippen LogP contribution in [0.15, 0.2) is 85.5 Å². The van der Waals surface area contributed by atoms with E-state index in [-0.39, 0.29) is 5.91 Å². The number of allylic oxidation sites excluding steroid dienone is 5. The molecule has 3 aromatic rings. The normalized spacial score (nSPS) is 11.4. The summed E-state index contributed by atoms with van der Waals surface area (Å²) in [6, 6.07) is 17.6. The van der Waals surface area contributed by atoms with Crippen LogP contribution in [0.3, 0.4) is 0 Å². The Labute approximate surface area is 166 Å². The van der Waals surface area contributed by atoms with Gasteiger partial charge in [-0.2, -0.15) is 0 Å². The molecule has 3 nitrogen and oxygen atoms in total. The Hall–Kier alpha value is -3.46. The SMILES string of the molecule is C=C(/C=C\C=C/C)c1nc2ccccc2c(C(=O)NCc2ccccc2)c1C. The maximum absolute atomic E-state index is 13.1. The maximum Gasteiger partial charge on any atom is 0.252 e. The molecule has 1 aromatic heterocycles. The molecule has 28 heavy (non-hydrogen) atoms. The van der Waals surface area contributed by atoms with E-state index in [4.69, 9.17) is 4.98 Å². The van der Waals surface area contributed by atoms with Crippen molar-refractivity contribution in [2.45, 2.75) is 20.4 Å². The van der Waals surface area contributed by atoms with Crippen molar-refractivity contribution in [3.63, 3.8) is 0 Å². The Bertz CT molecular complexity index is 1060. The fourth-order valence-electron chi connectivity index (χ4n) is 3.14. The number of hydrogen-bond acceptors (Lipinski definition) is 2. The summed E-state index contributed by atoms with van der Waals surface area (Å²) in [6.45, 7) is 8.51. The molecule has 0 aliphatic carbocycles. The Morgan fingerprint density at radius 2 is 1.79 bits per heavy atom. The van der Waals surface area contributed by atoms with Gasteiger partial charge in [0.2, 0.25) is 0 Å². The van der Waals surface area contributed by atoms with Crippen molar-refractivity contribution in [1.82, 2.24) is 10.3 Å². The molecule has 0 atom stereocenters. The molecule has 0 saturated heterocycles. The molecule has 0 saturated carbocycles. The van der Waals surface area contributed by atoms with Crippen molar-refractivity contribution in [1.29, 1.82) is 0 Å². The number of nitrogens with zero attached hydrogens (tertiary/aromatic N) is 1. The molecule has 3 rings (SSSR count). The first-order valence-electron chi connectivity index (χ1n) is 9.32. The van der Waals surface area contributed by atoms with Gasteiger partial charge in [0.05, 0.1) is 16.8 Å². The van der Waals surface area contributed by atoms with Crippen LogP contribution < -0.4 is 5.32 Å². The van der Waals surface area contributed by atoms with E-state index in [2.05, 4.69) is 11.9 Å². The molecule has 1 heterocycles. The van der Waals surface area contributed by atoms with Crippen LogP contribution in [0, 0.1) is 6.92 Å². The molecule has 0 aliphatic heterocycles. The van der Waals surface area contributed by atoms with Crippen LogP contribution in [-0.2, 0) is 6.54 Å². The van der Waals surface area contributed by atoms with Gasteiger partial charge in [0, 0.05) is 11.9 Å². The smallest absolute Gasteiger partial charge is 0.252 e.